The highest BCUT2D eigenvalue weighted by Gasteiger charge is 2.52. The van der Waals surface area contributed by atoms with Crippen molar-refractivity contribution in [3.05, 3.63) is 65.0 Å². The summed E-state index contributed by atoms with van der Waals surface area (Å²) in [5.41, 5.74) is 2.56. The van der Waals surface area contributed by atoms with E-state index in [0.717, 1.165) is 34.3 Å². The van der Waals surface area contributed by atoms with Gasteiger partial charge in [-0.1, -0.05) is 6.08 Å². The fourth-order valence-electron chi connectivity index (χ4n) is 5.19. The van der Waals surface area contributed by atoms with E-state index in [4.69, 9.17) is 9.31 Å². The zero-order valence-corrected chi connectivity index (χ0v) is 23.6. The number of pyridine rings is 1. The molecule has 39 heavy (non-hydrogen) atoms. The van der Waals surface area contributed by atoms with Crippen LogP contribution in [0.4, 0.5) is 8.78 Å². The third-order valence-electron chi connectivity index (χ3n) is 8.26. The van der Waals surface area contributed by atoms with Gasteiger partial charge in [-0.15, -0.1) is 0 Å². The van der Waals surface area contributed by atoms with E-state index in [1.807, 2.05) is 46.9 Å². The van der Waals surface area contributed by atoms with Crippen LogP contribution in [0.3, 0.4) is 0 Å². The molecule has 1 saturated heterocycles. The van der Waals surface area contributed by atoms with E-state index in [1.54, 1.807) is 20.3 Å². The zero-order valence-electron chi connectivity index (χ0n) is 23.6. The second kappa shape index (κ2) is 9.84. The number of rotatable bonds is 5. The Bertz CT molecular complexity index is 1440. The Balaban J connectivity index is 1.35. The van der Waals surface area contributed by atoms with Crippen molar-refractivity contribution < 1.29 is 22.9 Å². The van der Waals surface area contributed by atoms with Crippen molar-refractivity contribution in [1.29, 1.82) is 0 Å². The number of amides is 1. The van der Waals surface area contributed by atoms with Gasteiger partial charge >= 0.3 is 7.12 Å². The van der Waals surface area contributed by atoms with Gasteiger partial charge in [-0.3, -0.25) is 9.69 Å². The molecule has 1 aromatic carbocycles. The van der Waals surface area contributed by atoms with E-state index in [0.29, 0.717) is 31.6 Å². The summed E-state index contributed by atoms with van der Waals surface area (Å²) in [5, 5.41) is 0.984. The van der Waals surface area contributed by atoms with Crippen LogP contribution >= 0.6 is 0 Å². The van der Waals surface area contributed by atoms with Crippen molar-refractivity contribution in [2.45, 2.75) is 51.9 Å². The maximum absolute atomic E-state index is 14.9. The first-order valence-electron chi connectivity index (χ1n) is 13.2. The van der Waals surface area contributed by atoms with Crippen LogP contribution < -0.4 is 5.46 Å². The summed E-state index contributed by atoms with van der Waals surface area (Å²) in [4.78, 5) is 20.3. The van der Waals surface area contributed by atoms with Gasteiger partial charge in [0.2, 0.25) is 0 Å². The molecule has 206 valence electrons. The fourth-order valence-corrected chi connectivity index (χ4v) is 5.19. The van der Waals surface area contributed by atoms with E-state index in [1.165, 1.54) is 4.90 Å². The van der Waals surface area contributed by atoms with Crippen LogP contribution in [0.25, 0.3) is 16.6 Å². The largest absolute Gasteiger partial charge is 0.495 e. The topological polar surface area (TPSA) is 59.8 Å². The molecule has 2 aliphatic rings. The van der Waals surface area contributed by atoms with Gasteiger partial charge in [0.1, 0.15) is 17.3 Å². The third kappa shape index (κ3) is 4.90. The first-order chi connectivity index (χ1) is 18.3. The van der Waals surface area contributed by atoms with Gasteiger partial charge in [-0.2, -0.15) is 0 Å². The van der Waals surface area contributed by atoms with Gasteiger partial charge in [0, 0.05) is 69.2 Å². The molecule has 0 bridgehead atoms. The molecule has 2 aromatic heterocycles. The van der Waals surface area contributed by atoms with Crippen LogP contribution in [0.5, 0.6) is 0 Å². The number of aromatic nitrogens is 2. The normalized spacial score (nSPS) is 19.0. The number of benzene rings is 1. The predicted molar refractivity (Wildman–Crippen MR) is 149 cm³/mol. The van der Waals surface area contributed by atoms with Crippen molar-refractivity contribution in [2.75, 3.05) is 27.2 Å². The van der Waals surface area contributed by atoms with E-state index in [2.05, 4.69) is 20.5 Å². The van der Waals surface area contributed by atoms with Crippen LogP contribution in [0.2, 0.25) is 0 Å². The number of carbonyl (C=O) groups excluding carboxylic acids is 1. The van der Waals surface area contributed by atoms with Crippen molar-refractivity contribution in [3.8, 4) is 0 Å². The number of carbonyl (C=O) groups is 1. The van der Waals surface area contributed by atoms with Gasteiger partial charge in [0.15, 0.2) is 0 Å². The molecule has 0 spiro atoms. The first-order valence-corrected chi connectivity index (χ1v) is 13.2. The molecule has 10 heteroatoms. The number of hydrogen-bond donors (Lipinski definition) is 0. The molecule has 0 aliphatic carbocycles. The van der Waals surface area contributed by atoms with Crippen LogP contribution in [-0.2, 0) is 22.9 Å². The lowest BCUT2D eigenvalue weighted by molar-refractivity contribution is 0.00578. The van der Waals surface area contributed by atoms with Gasteiger partial charge in [-0.25, -0.2) is 13.8 Å². The molecule has 0 unspecified atom stereocenters. The quantitative estimate of drug-likeness (QED) is 0.459. The molecule has 2 aliphatic heterocycles. The van der Waals surface area contributed by atoms with Gasteiger partial charge in [0.25, 0.3) is 5.91 Å². The first kappa shape index (κ1) is 27.5. The Morgan fingerprint density at radius 2 is 1.74 bits per heavy atom. The molecule has 0 atom stereocenters. The number of nitrogens with zero attached hydrogens (tertiary/aromatic N) is 4. The molecule has 7 nitrogen and oxygen atoms in total. The summed E-state index contributed by atoms with van der Waals surface area (Å²) >= 11 is 0. The Labute approximate surface area is 228 Å². The van der Waals surface area contributed by atoms with Gasteiger partial charge < -0.3 is 18.8 Å². The third-order valence-corrected chi connectivity index (χ3v) is 8.26. The second-order valence-electron chi connectivity index (χ2n) is 11.6. The lowest BCUT2D eigenvalue weighted by Crippen LogP contribution is -2.41. The number of aryl methyl sites for hydroxylation is 1. The predicted octanol–water partition coefficient (Wildman–Crippen LogP) is 4.14. The molecule has 0 radical (unpaired) electrons. The molecule has 0 saturated carbocycles. The van der Waals surface area contributed by atoms with Crippen LogP contribution in [-0.4, -0.2) is 70.8 Å². The molecule has 1 amide bonds. The van der Waals surface area contributed by atoms with Crippen LogP contribution in [0, 0.1) is 11.6 Å². The Hall–Kier alpha value is -3.08. The Kier molecular flexibility index (Phi) is 6.93. The van der Waals surface area contributed by atoms with Gasteiger partial charge in [0.05, 0.1) is 11.2 Å². The molecule has 3 aromatic rings. The zero-order chi connectivity index (χ0) is 28.3. The molecular weight excluding hydrogens is 501 g/mol. The van der Waals surface area contributed by atoms with Gasteiger partial charge in [-0.05, 0) is 69.4 Å². The molecule has 0 N–H and O–H groups in total. The number of fused-ring (bicyclic) bond motifs is 1. The minimum absolute atomic E-state index is 0.000990. The highest BCUT2D eigenvalue weighted by molar-refractivity contribution is 6.65. The summed E-state index contributed by atoms with van der Waals surface area (Å²) in [6.07, 6.45) is 4.15. The van der Waals surface area contributed by atoms with Crippen LogP contribution in [0.15, 0.2) is 36.5 Å². The van der Waals surface area contributed by atoms with Crippen molar-refractivity contribution in [3.63, 3.8) is 0 Å². The lowest BCUT2D eigenvalue weighted by atomic mass is 9.78. The summed E-state index contributed by atoms with van der Waals surface area (Å²) in [5.74, 6) is -1.86. The van der Waals surface area contributed by atoms with Crippen molar-refractivity contribution in [1.82, 2.24) is 19.4 Å². The Morgan fingerprint density at radius 3 is 2.31 bits per heavy atom. The molecule has 1 fully saturated rings. The SMILES string of the molecule is CN(C)C(=O)c1cc(F)c(C2=CCN(Cc3cc4c(B5OC(C)(C)C(C)(C)O5)ccnc4n3C)CC2)c(F)c1. The standard InChI is InChI=1S/C29H35BF2N4O3/c1-28(2)29(3,4)39-30(38-28)22-8-11-33-26-21(22)16-20(35(26)7)17-36-12-9-18(10-13-36)25-23(31)14-19(15-24(25)32)27(37)34(5)6/h8-9,11,14-16H,10,12-13,17H2,1-7H3. The van der Waals surface area contributed by atoms with Crippen molar-refractivity contribution >= 4 is 35.1 Å². The Morgan fingerprint density at radius 1 is 1.10 bits per heavy atom. The maximum Gasteiger partial charge on any atom is 0.495 e. The molecule has 5 rings (SSSR count). The fraction of sp³-hybridized carbons (Fsp3) is 0.448. The highest BCUT2D eigenvalue weighted by Crippen LogP contribution is 2.37. The molecular formula is C29H35BF2N4O3. The highest BCUT2D eigenvalue weighted by atomic mass is 19.1. The van der Waals surface area contributed by atoms with E-state index in [-0.39, 0.29) is 11.1 Å². The summed E-state index contributed by atoms with van der Waals surface area (Å²) < 4.78 is 44.5. The minimum Gasteiger partial charge on any atom is -0.399 e. The van der Waals surface area contributed by atoms with E-state index < -0.39 is 35.9 Å². The van der Waals surface area contributed by atoms with E-state index >= 15 is 0 Å². The molecule has 4 heterocycles. The second-order valence-corrected chi connectivity index (χ2v) is 11.6. The summed E-state index contributed by atoms with van der Waals surface area (Å²) in [6, 6.07) is 6.31. The average Bonchev–Trinajstić information content (AvgIpc) is 3.29. The summed E-state index contributed by atoms with van der Waals surface area (Å²) in [7, 11) is 4.61. The van der Waals surface area contributed by atoms with Crippen LogP contribution in [0.1, 0.15) is 55.7 Å². The minimum atomic E-state index is -0.713. The lowest BCUT2D eigenvalue weighted by Gasteiger charge is -2.32. The van der Waals surface area contributed by atoms with Crippen molar-refractivity contribution in [2.24, 2.45) is 7.05 Å². The van der Waals surface area contributed by atoms with E-state index in [9.17, 15) is 13.6 Å². The average molecular weight is 536 g/mol. The number of halogens is 2. The number of hydrogen-bond acceptors (Lipinski definition) is 5. The maximum atomic E-state index is 14.9. The summed E-state index contributed by atoms with van der Waals surface area (Å²) in [6.45, 7) is 9.99. The monoisotopic (exact) mass is 536 g/mol. The smallest absolute Gasteiger partial charge is 0.399 e.